The van der Waals surface area contributed by atoms with Crippen molar-refractivity contribution in [3.8, 4) is 5.75 Å². The molecule has 7 heteroatoms. The summed E-state index contributed by atoms with van der Waals surface area (Å²) in [6, 6.07) is 5.58. The van der Waals surface area contributed by atoms with Gasteiger partial charge in [-0.05, 0) is 42.9 Å². The van der Waals surface area contributed by atoms with Crippen LogP contribution >= 0.6 is 28.1 Å². The molecule has 0 atom stereocenters. The predicted molar refractivity (Wildman–Crippen MR) is 101 cm³/mol. The summed E-state index contributed by atoms with van der Waals surface area (Å²) in [6.45, 7) is 2.93. The lowest BCUT2D eigenvalue weighted by atomic mass is 10.2. The maximum absolute atomic E-state index is 11.8. The lowest BCUT2D eigenvalue weighted by Crippen LogP contribution is -2.46. The van der Waals surface area contributed by atoms with Gasteiger partial charge in [0.25, 0.3) is 5.91 Å². The maximum atomic E-state index is 11.8. The molecule has 23 heavy (non-hydrogen) atoms. The molecule has 0 bridgehead atoms. The van der Waals surface area contributed by atoms with Crippen molar-refractivity contribution in [1.82, 2.24) is 16.2 Å². The van der Waals surface area contributed by atoms with E-state index in [1.807, 2.05) is 18.2 Å². The molecule has 5 nitrogen and oxygen atoms in total. The number of ether oxygens (including phenoxy) is 1. The van der Waals surface area contributed by atoms with Gasteiger partial charge in [-0.15, -0.1) is 0 Å². The Balaban J connectivity index is 2.41. The highest BCUT2D eigenvalue weighted by Crippen LogP contribution is 2.23. The molecule has 0 aliphatic rings. The molecule has 0 fully saturated rings. The zero-order valence-corrected chi connectivity index (χ0v) is 15.7. The van der Waals surface area contributed by atoms with Crippen LogP contribution in [0.25, 0.3) is 6.08 Å². The predicted octanol–water partition coefficient (Wildman–Crippen LogP) is 3.16. The van der Waals surface area contributed by atoms with Gasteiger partial charge in [0.1, 0.15) is 5.75 Å². The Kier molecular flexibility index (Phi) is 9.31. The third-order valence-corrected chi connectivity index (χ3v) is 3.71. The summed E-state index contributed by atoms with van der Waals surface area (Å²) >= 11 is 8.46. The molecule has 126 valence electrons. The number of carbonyl (C=O) groups excluding carboxylic acids is 1. The van der Waals surface area contributed by atoms with E-state index in [0.717, 1.165) is 35.8 Å². The van der Waals surface area contributed by atoms with E-state index in [9.17, 15) is 4.79 Å². The lowest BCUT2D eigenvalue weighted by molar-refractivity contribution is -0.116. The first-order chi connectivity index (χ1) is 11.1. The molecule has 0 radical (unpaired) electrons. The smallest absolute Gasteiger partial charge is 0.262 e. The van der Waals surface area contributed by atoms with Crippen molar-refractivity contribution in [3.05, 3.63) is 34.3 Å². The molecular formula is C16H22BrN3O2S. The second-order valence-electron chi connectivity index (χ2n) is 4.80. The molecule has 1 aromatic carbocycles. The number of unbranched alkanes of at least 4 members (excludes halogenated alkanes) is 2. The third kappa shape index (κ3) is 7.99. The van der Waals surface area contributed by atoms with Gasteiger partial charge in [0, 0.05) is 22.7 Å². The highest BCUT2D eigenvalue weighted by atomic mass is 79.9. The number of methoxy groups -OCH3 is 1. The molecule has 0 aliphatic heterocycles. The Bertz CT molecular complexity index is 564. The maximum Gasteiger partial charge on any atom is 0.262 e. The largest absolute Gasteiger partial charge is 0.496 e. The number of hydrazine groups is 1. The van der Waals surface area contributed by atoms with Crippen LogP contribution < -0.4 is 20.9 Å². The van der Waals surface area contributed by atoms with Gasteiger partial charge in [0.2, 0.25) is 0 Å². The summed E-state index contributed by atoms with van der Waals surface area (Å²) in [5, 5.41) is 3.43. The average molecular weight is 400 g/mol. The molecule has 3 N–H and O–H groups in total. The molecule has 0 heterocycles. The molecular weight excluding hydrogens is 378 g/mol. The number of thiocarbonyl (C=S) groups is 1. The SMILES string of the molecule is CCCCCNC(=S)NNC(=O)/C=C/c1cc(Br)ccc1OC. The summed E-state index contributed by atoms with van der Waals surface area (Å²) in [6.07, 6.45) is 6.45. The van der Waals surface area contributed by atoms with Crippen LogP contribution in [-0.2, 0) is 4.79 Å². The Labute approximate surface area is 151 Å². The number of hydrogen-bond acceptors (Lipinski definition) is 3. The molecule has 0 saturated heterocycles. The van der Waals surface area contributed by atoms with Gasteiger partial charge in [0.05, 0.1) is 7.11 Å². The summed E-state index contributed by atoms with van der Waals surface area (Å²) in [4.78, 5) is 11.8. The first-order valence-corrected chi connectivity index (χ1v) is 8.62. The van der Waals surface area contributed by atoms with E-state index >= 15 is 0 Å². The van der Waals surface area contributed by atoms with E-state index in [0.29, 0.717) is 10.9 Å². The summed E-state index contributed by atoms with van der Waals surface area (Å²) in [5.41, 5.74) is 5.98. The lowest BCUT2D eigenvalue weighted by Gasteiger charge is -2.10. The highest BCUT2D eigenvalue weighted by Gasteiger charge is 2.02. The minimum absolute atomic E-state index is 0.301. The average Bonchev–Trinajstić information content (AvgIpc) is 2.55. The fraction of sp³-hybridized carbons (Fsp3) is 0.375. The first kappa shape index (κ1) is 19.4. The number of halogens is 1. The molecule has 0 spiro atoms. The van der Waals surface area contributed by atoms with Crippen LogP contribution in [-0.4, -0.2) is 24.7 Å². The number of rotatable bonds is 7. The van der Waals surface area contributed by atoms with Crippen LogP contribution in [0.15, 0.2) is 28.7 Å². The van der Waals surface area contributed by atoms with E-state index in [1.165, 1.54) is 6.08 Å². The van der Waals surface area contributed by atoms with Crippen molar-refractivity contribution in [2.45, 2.75) is 26.2 Å². The fourth-order valence-electron chi connectivity index (χ4n) is 1.78. The van der Waals surface area contributed by atoms with Crippen LogP contribution in [0.4, 0.5) is 0 Å². The highest BCUT2D eigenvalue weighted by molar-refractivity contribution is 9.10. The summed E-state index contributed by atoms with van der Waals surface area (Å²) < 4.78 is 6.16. The van der Waals surface area contributed by atoms with E-state index in [4.69, 9.17) is 17.0 Å². The van der Waals surface area contributed by atoms with Gasteiger partial charge >= 0.3 is 0 Å². The van der Waals surface area contributed by atoms with Gasteiger partial charge in [-0.3, -0.25) is 15.6 Å². The van der Waals surface area contributed by atoms with Crippen molar-refractivity contribution < 1.29 is 9.53 Å². The quantitative estimate of drug-likeness (QED) is 0.284. The van der Waals surface area contributed by atoms with E-state index in [1.54, 1.807) is 13.2 Å². The molecule has 1 amide bonds. The number of amides is 1. The van der Waals surface area contributed by atoms with E-state index < -0.39 is 0 Å². The normalized spacial score (nSPS) is 10.4. The molecule has 1 aromatic rings. The van der Waals surface area contributed by atoms with Crippen molar-refractivity contribution in [2.24, 2.45) is 0 Å². The second-order valence-corrected chi connectivity index (χ2v) is 6.12. The zero-order valence-electron chi connectivity index (χ0n) is 13.3. The van der Waals surface area contributed by atoms with E-state index in [-0.39, 0.29) is 5.91 Å². The second kappa shape index (κ2) is 11.0. The third-order valence-electron chi connectivity index (χ3n) is 2.97. The van der Waals surface area contributed by atoms with Crippen molar-refractivity contribution >= 4 is 45.2 Å². The van der Waals surface area contributed by atoms with Crippen LogP contribution in [0.1, 0.15) is 31.7 Å². The van der Waals surface area contributed by atoms with Gasteiger partial charge in [-0.25, -0.2) is 0 Å². The van der Waals surface area contributed by atoms with Gasteiger partial charge in [-0.2, -0.15) is 0 Å². The molecule has 0 unspecified atom stereocenters. The van der Waals surface area contributed by atoms with Gasteiger partial charge in [0.15, 0.2) is 5.11 Å². The van der Waals surface area contributed by atoms with Crippen LogP contribution in [0.2, 0.25) is 0 Å². The van der Waals surface area contributed by atoms with Crippen LogP contribution in [0, 0.1) is 0 Å². The Morgan fingerprint density at radius 2 is 2.13 bits per heavy atom. The van der Waals surface area contributed by atoms with Crippen LogP contribution in [0.5, 0.6) is 5.75 Å². The summed E-state index contributed by atoms with van der Waals surface area (Å²) in [5.74, 6) is 0.392. The molecule has 0 aromatic heterocycles. The standard InChI is InChI=1S/C16H22BrN3O2S/c1-3-4-5-10-18-16(23)20-19-15(21)9-6-12-11-13(17)7-8-14(12)22-2/h6-9,11H,3-5,10H2,1-2H3,(H,19,21)(H2,18,20,23)/b9-6+. The zero-order chi connectivity index (χ0) is 17.1. The topological polar surface area (TPSA) is 62.4 Å². The number of nitrogens with one attached hydrogen (secondary N) is 3. The van der Waals surface area contributed by atoms with Crippen molar-refractivity contribution in [1.29, 1.82) is 0 Å². The Morgan fingerprint density at radius 3 is 2.83 bits per heavy atom. The number of carbonyl (C=O) groups is 1. The monoisotopic (exact) mass is 399 g/mol. The minimum Gasteiger partial charge on any atom is -0.496 e. The first-order valence-electron chi connectivity index (χ1n) is 7.42. The molecule has 1 rings (SSSR count). The Morgan fingerprint density at radius 1 is 1.35 bits per heavy atom. The summed E-state index contributed by atoms with van der Waals surface area (Å²) in [7, 11) is 1.59. The minimum atomic E-state index is -0.301. The van der Waals surface area contributed by atoms with E-state index in [2.05, 4.69) is 39.0 Å². The van der Waals surface area contributed by atoms with Gasteiger partial charge < -0.3 is 10.1 Å². The number of benzene rings is 1. The number of hydrogen-bond donors (Lipinski definition) is 3. The fourth-order valence-corrected chi connectivity index (χ4v) is 2.31. The molecule has 0 aliphatic carbocycles. The van der Waals surface area contributed by atoms with Crippen LogP contribution in [0.3, 0.4) is 0 Å². The van der Waals surface area contributed by atoms with Gasteiger partial charge in [-0.1, -0.05) is 35.7 Å². The van der Waals surface area contributed by atoms with Crippen molar-refractivity contribution in [3.63, 3.8) is 0 Å². The molecule has 0 saturated carbocycles. The van der Waals surface area contributed by atoms with Crippen molar-refractivity contribution in [2.75, 3.05) is 13.7 Å². The Hall–Kier alpha value is -1.60.